The van der Waals surface area contributed by atoms with Crippen molar-refractivity contribution in [3.63, 3.8) is 0 Å². The van der Waals surface area contributed by atoms with E-state index in [0.29, 0.717) is 5.75 Å². The van der Waals surface area contributed by atoms with Crippen molar-refractivity contribution in [2.45, 2.75) is 63.6 Å². The molecule has 116 valence electrons. The van der Waals surface area contributed by atoms with Gasteiger partial charge in [0, 0.05) is 0 Å². The van der Waals surface area contributed by atoms with E-state index < -0.39 is 4.30 Å². The van der Waals surface area contributed by atoms with Crippen LogP contribution in [-0.4, -0.2) is 9.40 Å². The van der Waals surface area contributed by atoms with Crippen LogP contribution in [0.4, 0.5) is 0 Å². The summed E-state index contributed by atoms with van der Waals surface area (Å²) in [5.41, 5.74) is 3.26. The number of alkyl halides is 3. The van der Waals surface area contributed by atoms with Gasteiger partial charge in [-0.05, 0) is 28.9 Å². The first-order valence-electron chi connectivity index (χ1n) is 6.53. The highest BCUT2D eigenvalue weighted by Crippen LogP contribution is 2.39. The van der Waals surface area contributed by atoms with Gasteiger partial charge < -0.3 is 5.11 Å². The number of aryl methyl sites for hydroxylation is 1. The zero-order chi connectivity index (χ0) is 16.3. The molecular formula is C16H25Cl3O. The number of phenols is 1. The summed E-state index contributed by atoms with van der Waals surface area (Å²) in [6, 6.07) is 4.18. The Bertz CT molecular complexity index is 402. The summed E-state index contributed by atoms with van der Waals surface area (Å²) in [4.78, 5) is 0. The van der Waals surface area contributed by atoms with Crippen LogP contribution < -0.4 is 0 Å². The molecule has 0 spiro atoms. The molecule has 0 amide bonds. The van der Waals surface area contributed by atoms with E-state index in [1.807, 2.05) is 0 Å². The lowest BCUT2D eigenvalue weighted by molar-refractivity contribution is 0.423. The Kier molecular flexibility index (Phi) is 7.20. The van der Waals surface area contributed by atoms with Crippen molar-refractivity contribution < 1.29 is 5.11 Å². The molecular weight excluding hydrogens is 315 g/mol. The van der Waals surface area contributed by atoms with Gasteiger partial charge in [0.15, 0.2) is 4.30 Å². The smallest absolute Gasteiger partial charge is 0.180 e. The van der Waals surface area contributed by atoms with Gasteiger partial charge >= 0.3 is 0 Å². The molecule has 4 heteroatoms. The molecule has 0 bridgehead atoms. The molecule has 1 N–H and O–H groups in total. The van der Waals surface area contributed by atoms with Gasteiger partial charge in [0.25, 0.3) is 0 Å². The molecule has 1 aromatic rings. The molecule has 0 aliphatic rings. The Balaban J connectivity index is 0.000000796. The van der Waals surface area contributed by atoms with Crippen molar-refractivity contribution >= 4 is 34.8 Å². The molecule has 0 atom stereocenters. The molecule has 0 aromatic heterocycles. The Morgan fingerprint density at radius 1 is 0.850 bits per heavy atom. The fourth-order valence-electron chi connectivity index (χ4n) is 1.92. The van der Waals surface area contributed by atoms with Crippen molar-refractivity contribution in [3.8, 4) is 5.75 Å². The van der Waals surface area contributed by atoms with Crippen LogP contribution in [0, 0.1) is 6.92 Å². The average Bonchev–Trinajstić information content (AvgIpc) is 2.16. The molecule has 0 radical (unpaired) electrons. The molecule has 20 heavy (non-hydrogen) atoms. The Labute approximate surface area is 138 Å². The first-order chi connectivity index (χ1) is 8.76. The van der Waals surface area contributed by atoms with Gasteiger partial charge in [-0.2, -0.15) is 0 Å². The van der Waals surface area contributed by atoms with Gasteiger partial charge in [0.1, 0.15) is 5.75 Å². The maximum atomic E-state index is 10.4. The first kappa shape index (κ1) is 19.9. The summed E-state index contributed by atoms with van der Waals surface area (Å²) < 4.78 is -0.750. The van der Waals surface area contributed by atoms with E-state index in [9.17, 15) is 5.11 Å². The summed E-state index contributed by atoms with van der Waals surface area (Å²) >= 11 is 14.4. The van der Waals surface area contributed by atoms with Crippen LogP contribution in [0.3, 0.4) is 0 Å². The second-order valence-corrected chi connectivity index (χ2v) is 8.94. The third-order valence-corrected chi connectivity index (χ3v) is 2.87. The zero-order valence-electron chi connectivity index (χ0n) is 13.3. The molecule has 0 heterocycles. The van der Waals surface area contributed by atoms with E-state index >= 15 is 0 Å². The predicted octanol–water partition coefficient (Wildman–Crippen LogP) is 6.28. The lowest BCUT2D eigenvalue weighted by Gasteiger charge is -2.27. The van der Waals surface area contributed by atoms with Crippen molar-refractivity contribution in [3.05, 3.63) is 28.8 Å². The van der Waals surface area contributed by atoms with Gasteiger partial charge in [0.2, 0.25) is 0 Å². The Morgan fingerprint density at radius 2 is 1.10 bits per heavy atom. The van der Waals surface area contributed by atoms with Gasteiger partial charge in [-0.3, -0.25) is 0 Å². The number of aromatic hydroxyl groups is 1. The topological polar surface area (TPSA) is 20.2 Å². The number of benzene rings is 1. The van der Waals surface area contributed by atoms with Crippen molar-refractivity contribution in [2.24, 2.45) is 0 Å². The zero-order valence-corrected chi connectivity index (χ0v) is 15.6. The number of rotatable bonds is 0. The van der Waals surface area contributed by atoms with E-state index in [4.69, 9.17) is 34.8 Å². The lowest BCUT2D eigenvalue weighted by Crippen LogP contribution is -2.17. The number of phenolic OH excluding ortho intramolecular Hbond substituents is 1. The number of hydrogen-bond acceptors (Lipinski definition) is 1. The van der Waals surface area contributed by atoms with Crippen molar-refractivity contribution in [1.29, 1.82) is 0 Å². The maximum Gasteiger partial charge on any atom is 0.180 e. The summed E-state index contributed by atoms with van der Waals surface area (Å²) in [7, 11) is 0. The third-order valence-electron chi connectivity index (χ3n) is 2.87. The van der Waals surface area contributed by atoms with Crippen LogP contribution in [0.5, 0.6) is 5.75 Å². The van der Waals surface area contributed by atoms with Crippen LogP contribution >= 0.6 is 34.8 Å². The van der Waals surface area contributed by atoms with E-state index in [2.05, 4.69) is 60.6 Å². The van der Waals surface area contributed by atoms with Gasteiger partial charge in [-0.1, -0.05) is 94.0 Å². The first-order valence-corrected chi connectivity index (χ1v) is 7.84. The van der Waals surface area contributed by atoms with Crippen molar-refractivity contribution in [1.82, 2.24) is 0 Å². The van der Waals surface area contributed by atoms with Gasteiger partial charge in [-0.25, -0.2) is 0 Å². The number of halogens is 3. The second kappa shape index (κ2) is 7.24. The molecule has 0 saturated carbocycles. The fourth-order valence-corrected chi connectivity index (χ4v) is 1.92. The quantitative estimate of drug-likeness (QED) is 0.551. The normalized spacial score (nSPS) is 12.2. The standard InChI is InChI=1S/C15H24O.CHCl3/c1-10-8-11(14(2,3)4)13(16)12(9-10)15(5,6)7;2-1(3)4/h8-9,16H,1-7H3;1H. The molecule has 1 aromatic carbocycles. The summed E-state index contributed by atoms with van der Waals surface area (Å²) in [5.74, 6) is 0.464. The predicted molar refractivity (Wildman–Crippen MR) is 91.6 cm³/mol. The van der Waals surface area contributed by atoms with Crippen LogP contribution in [0.1, 0.15) is 58.2 Å². The minimum atomic E-state index is -0.750. The lowest BCUT2D eigenvalue weighted by atomic mass is 9.78. The summed E-state index contributed by atoms with van der Waals surface area (Å²) in [6.07, 6.45) is 0. The Morgan fingerprint density at radius 3 is 1.30 bits per heavy atom. The molecule has 1 nitrogen and oxygen atoms in total. The van der Waals surface area contributed by atoms with Gasteiger partial charge in [0.05, 0.1) is 0 Å². The van der Waals surface area contributed by atoms with E-state index in [1.54, 1.807) is 0 Å². The van der Waals surface area contributed by atoms with Crippen LogP contribution in [-0.2, 0) is 10.8 Å². The van der Waals surface area contributed by atoms with Crippen LogP contribution in [0.25, 0.3) is 0 Å². The highest BCUT2D eigenvalue weighted by atomic mass is 35.6. The summed E-state index contributed by atoms with van der Waals surface area (Å²) in [6.45, 7) is 14.9. The SMILES string of the molecule is Cc1cc(C(C)(C)C)c(O)c(C(C)(C)C)c1.ClC(Cl)Cl. The highest BCUT2D eigenvalue weighted by molar-refractivity contribution is 6.63. The van der Waals surface area contributed by atoms with E-state index in [1.165, 1.54) is 5.56 Å². The highest BCUT2D eigenvalue weighted by Gasteiger charge is 2.25. The maximum absolute atomic E-state index is 10.4. The average molecular weight is 340 g/mol. The fraction of sp³-hybridized carbons (Fsp3) is 0.625. The second-order valence-electron chi connectivity index (χ2n) is 6.96. The molecule has 0 unspecified atom stereocenters. The largest absolute Gasteiger partial charge is 0.507 e. The molecule has 0 fully saturated rings. The minimum absolute atomic E-state index is 0.0178. The van der Waals surface area contributed by atoms with Crippen LogP contribution in [0.2, 0.25) is 0 Å². The van der Waals surface area contributed by atoms with E-state index in [-0.39, 0.29) is 10.8 Å². The monoisotopic (exact) mass is 338 g/mol. The van der Waals surface area contributed by atoms with Crippen molar-refractivity contribution in [2.75, 3.05) is 0 Å². The molecule has 0 aliphatic carbocycles. The molecule has 1 rings (SSSR count). The molecule has 0 saturated heterocycles. The van der Waals surface area contributed by atoms with Crippen LogP contribution in [0.15, 0.2) is 12.1 Å². The number of hydrogen-bond donors (Lipinski definition) is 1. The Hall–Kier alpha value is -0.110. The minimum Gasteiger partial charge on any atom is -0.507 e. The van der Waals surface area contributed by atoms with Gasteiger partial charge in [-0.15, -0.1) is 0 Å². The summed E-state index contributed by atoms with van der Waals surface area (Å²) in [5, 5.41) is 10.4. The van der Waals surface area contributed by atoms with E-state index in [0.717, 1.165) is 11.1 Å². The molecule has 0 aliphatic heterocycles. The third kappa shape index (κ3) is 6.56.